The molecule has 2 saturated heterocycles. The molecular formula is C17H34N2. The summed E-state index contributed by atoms with van der Waals surface area (Å²) >= 11 is 0. The van der Waals surface area contributed by atoms with Crippen LogP contribution in [0.5, 0.6) is 0 Å². The van der Waals surface area contributed by atoms with E-state index in [0.717, 1.165) is 24.2 Å². The Morgan fingerprint density at radius 3 is 2.00 bits per heavy atom. The predicted molar refractivity (Wildman–Crippen MR) is 83.6 cm³/mol. The van der Waals surface area contributed by atoms with Crippen molar-refractivity contribution in [3.05, 3.63) is 0 Å². The molecule has 0 saturated carbocycles. The average molecular weight is 266 g/mol. The van der Waals surface area contributed by atoms with Crippen LogP contribution in [0.1, 0.15) is 78.6 Å². The lowest BCUT2D eigenvalue weighted by Crippen LogP contribution is -2.51. The number of fused-ring (bicyclic) bond motifs is 2. The quantitative estimate of drug-likeness (QED) is 0.715. The first-order chi connectivity index (χ1) is 9.28. The Kier molecular flexibility index (Phi) is 6.15. The van der Waals surface area contributed by atoms with E-state index in [9.17, 15) is 0 Å². The number of rotatable bonds is 8. The van der Waals surface area contributed by atoms with Crippen molar-refractivity contribution in [3.63, 3.8) is 0 Å². The lowest BCUT2D eigenvalue weighted by molar-refractivity contribution is 0.0828. The summed E-state index contributed by atoms with van der Waals surface area (Å²) in [6.07, 6.45) is 12.4. The van der Waals surface area contributed by atoms with Crippen molar-refractivity contribution < 1.29 is 0 Å². The zero-order valence-electron chi connectivity index (χ0n) is 13.3. The highest BCUT2D eigenvalue weighted by Gasteiger charge is 2.37. The van der Waals surface area contributed by atoms with E-state index in [4.69, 9.17) is 0 Å². The topological polar surface area (TPSA) is 15.3 Å². The molecule has 2 heterocycles. The lowest BCUT2D eigenvalue weighted by atomic mass is 9.94. The third kappa shape index (κ3) is 3.95. The van der Waals surface area contributed by atoms with E-state index in [-0.39, 0.29) is 0 Å². The maximum Gasteiger partial charge on any atom is 0.0128 e. The van der Waals surface area contributed by atoms with Gasteiger partial charge < -0.3 is 5.32 Å². The first kappa shape index (κ1) is 15.3. The molecule has 2 nitrogen and oxygen atoms in total. The van der Waals surface area contributed by atoms with Gasteiger partial charge >= 0.3 is 0 Å². The van der Waals surface area contributed by atoms with Crippen molar-refractivity contribution in [2.75, 3.05) is 6.54 Å². The molecule has 2 unspecified atom stereocenters. The maximum atomic E-state index is 3.79. The summed E-state index contributed by atoms with van der Waals surface area (Å²) in [5.41, 5.74) is 0. The number of hydrogen-bond acceptors (Lipinski definition) is 2. The minimum absolute atomic E-state index is 0.826. The van der Waals surface area contributed by atoms with Crippen LogP contribution in [0.4, 0.5) is 0 Å². The Morgan fingerprint density at radius 1 is 0.947 bits per heavy atom. The molecular weight excluding hydrogens is 232 g/mol. The van der Waals surface area contributed by atoms with Crippen LogP contribution in [-0.4, -0.2) is 35.6 Å². The highest BCUT2D eigenvalue weighted by atomic mass is 15.2. The van der Waals surface area contributed by atoms with Crippen molar-refractivity contribution in [1.82, 2.24) is 10.2 Å². The molecule has 1 N–H and O–H groups in total. The van der Waals surface area contributed by atoms with E-state index in [1.54, 1.807) is 0 Å². The van der Waals surface area contributed by atoms with Crippen LogP contribution in [0.3, 0.4) is 0 Å². The van der Waals surface area contributed by atoms with Gasteiger partial charge in [0, 0.05) is 24.2 Å². The summed E-state index contributed by atoms with van der Waals surface area (Å²) in [6, 6.07) is 3.36. The first-order valence-electron chi connectivity index (χ1n) is 8.80. The Balaban J connectivity index is 2.00. The number of nitrogens with zero attached hydrogens (tertiary/aromatic N) is 1. The summed E-state index contributed by atoms with van der Waals surface area (Å²) in [7, 11) is 0. The van der Waals surface area contributed by atoms with E-state index in [1.165, 1.54) is 64.3 Å². The van der Waals surface area contributed by atoms with Crippen LogP contribution in [0.2, 0.25) is 0 Å². The molecule has 2 bridgehead atoms. The molecule has 19 heavy (non-hydrogen) atoms. The number of hydrogen-bond donors (Lipinski definition) is 1. The van der Waals surface area contributed by atoms with Gasteiger partial charge in [0.25, 0.3) is 0 Å². The minimum Gasteiger partial charge on any atom is -0.311 e. The fourth-order valence-electron chi connectivity index (χ4n) is 4.36. The van der Waals surface area contributed by atoms with Gasteiger partial charge in [-0.05, 0) is 51.5 Å². The van der Waals surface area contributed by atoms with Crippen molar-refractivity contribution in [1.29, 1.82) is 0 Å². The molecule has 2 heteroatoms. The van der Waals surface area contributed by atoms with Crippen LogP contribution in [0.25, 0.3) is 0 Å². The molecule has 0 amide bonds. The lowest BCUT2D eigenvalue weighted by Gasteiger charge is -2.42. The highest BCUT2D eigenvalue weighted by Crippen LogP contribution is 2.32. The molecule has 0 aromatic heterocycles. The van der Waals surface area contributed by atoms with Crippen LogP contribution in [-0.2, 0) is 0 Å². The summed E-state index contributed by atoms with van der Waals surface area (Å²) in [6.45, 7) is 8.35. The SMILES string of the molecule is CCCC(CCC)N(CCC)C1CC2CCC(C1)N2. The van der Waals surface area contributed by atoms with Gasteiger partial charge in [-0.25, -0.2) is 0 Å². The Labute approximate surface area is 120 Å². The Bertz CT molecular complexity index is 236. The van der Waals surface area contributed by atoms with Gasteiger partial charge in [0.15, 0.2) is 0 Å². The van der Waals surface area contributed by atoms with E-state index < -0.39 is 0 Å². The summed E-state index contributed by atoms with van der Waals surface area (Å²) in [4.78, 5) is 2.90. The second-order valence-electron chi connectivity index (χ2n) is 6.73. The van der Waals surface area contributed by atoms with Gasteiger partial charge in [-0.2, -0.15) is 0 Å². The molecule has 2 aliphatic heterocycles. The molecule has 0 aromatic rings. The van der Waals surface area contributed by atoms with Crippen molar-refractivity contribution in [2.45, 2.75) is 103 Å². The largest absolute Gasteiger partial charge is 0.311 e. The van der Waals surface area contributed by atoms with Gasteiger partial charge in [-0.1, -0.05) is 33.6 Å². The first-order valence-corrected chi connectivity index (χ1v) is 8.80. The van der Waals surface area contributed by atoms with E-state index in [0.29, 0.717) is 0 Å². The summed E-state index contributed by atoms with van der Waals surface area (Å²) in [5.74, 6) is 0. The molecule has 0 radical (unpaired) electrons. The van der Waals surface area contributed by atoms with Crippen LogP contribution in [0, 0.1) is 0 Å². The average Bonchev–Trinajstić information content (AvgIpc) is 2.75. The fourth-order valence-corrected chi connectivity index (χ4v) is 4.36. The van der Waals surface area contributed by atoms with E-state index >= 15 is 0 Å². The number of nitrogens with one attached hydrogen (secondary N) is 1. The van der Waals surface area contributed by atoms with E-state index in [1.807, 2.05) is 0 Å². The summed E-state index contributed by atoms with van der Waals surface area (Å²) < 4.78 is 0. The van der Waals surface area contributed by atoms with Gasteiger partial charge in [0.1, 0.15) is 0 Å². The van der Waals surface area contributed by atoms with E-state index in [2.05, 4.69) is 31.0 Å². The predicted octanol–water partition coefficient (Wildman–Crippen LogP) is 3.95. The highest BCUT2D eigenvalue weighted by molar-refractivity contribution is 4.96. The van der Waals surface area contributed by atoms with Crippen molar-refractivity contribution in [3.8, 4) is 0 Å². The minimum atomic E-state index is 0.826. The molecule has 0 aromatic carbocycles. The standard InChI is InChI=1S/C17H34N2/c1-4-7-16(8-5-2)19(11-6-3)17-12-14-9-10-15(13-17)18-14/h14-18H,4-13H2,1-3H3. The van der Waals surface area contributed by atoms with Crippen molar-refractivity contribution >= 4 is 0 Å². The molecule has 2 rings (SSSR count). The van der Waals surface area contributed by atoms with Crippen LogP contribution < -0.4 is 5.32 Å². The van der Waals surface area contributed by atoms with Gasteiger partial charge in [0.2, 0.25) is 0 Å². The number of piperidine rings is 1. The van der Waals surface area contributed by atoms with Crippen LogP contribution in [0.15, 0.2) is 0 Å². The fraction of sp³-hybridized carbons (Fsp3) is 1.00. The zero-order chi connectivity index (χ0) is 13.7. The normalized spacial score (nSPS) is 30.5. The Hall–Kier alpha value is -0.0800. The maximum absolute atomic E-state index is 3.79. The third-order valence-electron chi connectivity index (χ3n) is 5.11. The monoisotopic (exact) mass is 266 g/mol. The van der Waals surface area contributed by atoms with Crippen molar-refractivity contribution in [2.24, 2.45) is 0 Å². The summed E-state index contributed by atoms with van der Waals surface area (Å²) in [5, 5.41) is 3.79. The zero-order valence-corrected chi connectivity index (χ0v) is 13.3. The molecule has 2 atom stereocenters. The second-order valence-corrected chi connectivity index (χ2v) is 6.73. The molecule has 0 aliphatic carbocycles. The van der Waals surface area contributed by atoms with Crippen LogP contribution >= 0.6 is 0 Å². The van der Waals surface area contributed by atoms with Gasteiger partial charge in [-0.3, -0.25) is 4.90 Å². The smallest absolute Gasteiger partial charge is 0.0128 e. The molecule has 0 spiro atoms. The van der Waals surface area contributed by atoms with Gasteiger partial charge in [0.05, 0.1) is 0 Å². The molecule has 2 fully saturated rings. The second kappa shape index (κ2) is 7.64. The molecule has 2 aliphatic rings. The van der Waals surface area contributed by atoms with Gasteiger partial charge in [-0.15, -0.1) is 0 Å². The Morgan fingerprint density at radius 2 is 1.53 bits per heavy atom. The third-order valence-corrected chi connectivity index (χ3v) is 5.11. The molecule has 112 valence electrons.